The highest BCUT2D eigenvalue weighted by molar-refractivity contribution is 6.05. The molecule has 3 aromatic carbocycles. The Morgan fingerprint density at radius 3 is 2.30 bits per heavy atom. The summed E-state index contributed by atoms with van der Waals surface area (Å²) in [4.78, 5) is 24.7. The van der Waals surface area contributed by atoms with Crippen molar-refractivity contribution in [1.82, 2.24) is 5.32 Å². The number of amides is 1. The molecule has 0 aliphatic heterocycles. The Morgan fingerprint density at radius 1 is 1.00 bits per heavy atom. The third-order valence-electron chi connectivity index (χ3n) is 5.63. The molecular formula is C24H20F3NO5. The average Bonchev–Trinajstić information content (AvgIpc) is 2.74. The lowest BCUT2D eigenvalue weighted by Gasteiger charge is -2.38. The molecule has 0 radical (unpaired) electrons. The van der Waals surface area contributed by atoms with E-state index in [0.29, 0.717) is 30.2 Å². The summed E-state index contributed by atoms with van der Waals surface area (Å²) in [6.45, 7) is -0.0232. The van der Waals surface area contributed by atoms with Gasteiger partial charge in [-0.3, -0.25) is 4.79 Å². The highest BCUT2D eigenvalue weighted by Gasteiger charge is 2.46. The average molecular weight is 459 g/mol. The van der Waals surface area contributed by atoms with Crippen LogP contribution in [-0.4, -0.2) is 28.9 Å². The molecule has 2 N–H and O–H groups in total. The summed E-state index contributed by atoms with van der Waals surface area (Å²) < 4.78 is 46.9. The summed E-state index contributed by atoms with van der Waals surface area (Å²) in [5.74, 6) is -1.73. The molecule has 0 bridgehead atoms. The van der Waals surface area contributed by atoms with Crippen LogP contribution >= 0.6 is 0 Å². The molecule has 0 atom stereocenters. The third kappa shape index (κ3) is 4.87. The molecule has 0 spiro atoms. The third-order valence-corrected chi connectivity index (χ3v) is 5.63. The lowest BCUT2D eigenvalue weighted by molar-refractivity contribution is -0.274. The van der Waals surface area contributed by atoms with Crippen molar-refractivity contribution < 1.29 is 37.3 Å². The van der Waals surface area contributed by atoms with Crippen molar-refractivity contribution >= 4 is 22.6 Å². The topological polar surface area (TPSA) is 84.9 Å². The van der Waals surface area contributed by atoms with Gasteiger partial charge in [-0.05, 0) is 48.4 Å². The van der Waals surface area contributed by atoms with E-state index in [4.69, 9.17) is 4.74 Å². The number of carbonyl (C=O) groups is 2. The zero-order chi connectivity index (χ0) is 23.6. The summed E-state index contributed by atoms with van der Waals surface area (Å²) in [5, 5.41) is 13.6. The number of hydrogen-bond acceptors (Lipinski definition) is 4. The predicted molar refractivity (Wildman–Crippen MR) is 113 cm³/mol. The maximum absolute atomic E-state index is 13.0. The highest BCUT2D eigenvalue weighted by atomic mass is 19.4. The first kappa shape index (κ1) is 22.4. The van der Waals surface area contributed by atoms with E-state index in [1.807, 2.05) is 12.1 Å². The molecule has 1 saturated carbocycles. The fraction of sp³-hybridized carbons (Fsp3) is 0.250. The lowest BCUT2D eigenvalue weighted by atomic mass is 9.76. The van der Waals surface area contributed by atoms with Crippen molar-refractivity contribution in [2.75, 3.05) is 0 Å². The Hall–Kier alpha value is -3.75. The molecule has 0 saturated heterocycles. The number of ether oxygens (including phenoxy) is 2. The largest absolute Gasteiger partial charge is 0.573 e. The van der Waals surface area contributed by atoms with Crippen LogP contribution in [0.2, 0.25) is 0 Å². The van der Waals surface area contributed by atoms with Gasteiger partial charge in [0.2, 0.25) is 0 Å². The number of carbonyl (C=O) groups excluding carboxylic acids is 1. The van der Waals surface area contributed by atoms with Crippen LogP contribution in [0.25, 0.3) is 10.8 Å². The maximum atomic E-state index is 13.0. The van der Waals surface area contributed by atoms with E-state index in [2.05, 4.69) is 10.1 Å². The predicted octanol–water partition coefficient (Wildman–Crippen LogP) is 5.05. The standard InChI is InChI=1S/C24H20F3NO5/c25-24(26,27)33-17-9-6-15(7-10-17)14-32-20-18-5-2-1-4-16(18)8-11-19(20)21(29)28-23(22(30)31)12-3-13-23/h1-2,4-11H,3,12-14H2,(H,28,29)(H,30,31). The van der Waals surface area contributed by atoms with E-state index >= 15 is 0 Å². The molecule has 1 aliphatic carbocycles. The zero-order valence-electron chi connectivity index (χ0n) is 17.3. The number of carboxylic acid groups (broad SMARTS) is 1. The Kier molecular flexibility index (Phi) is 5.88. The molecule has 3 aromatic rings. The second-order valence-electron chi connectivity index (χ2n) is 7.84. The van der Waals surface area contributed by atoms with Crippen LogP contribution in [0.4, 0.5) is 13.2 Å². The van der Waals surface area contributed by atoms with Crippen LogP contribution in [0.1, 0.15) is 35.2 Å². The van der Waals surface area contributed by atoms with Crippen LogP contribution in [0.15, 0.2) is 60.7 Å². The summed E-state index contributed by atoms with van der Waals surface area (Å²) >= 11 is 0. The second kappa shape index (κ2) is 8.65. The molecule has 0 unspecified atom stereocenters. The van der Waals surface area contributed by atoms with Crippen molar-refractivity contribution in [1.29, 1.82) is 0 Å². The molecule has 9 heteroatoms. The molecule has 6 nitrogen and oxygen atoms in total. The van der Waals surface area contributed by atoms with Crippen LogP contribution in [-0.2, 0) is 11.4 Å². The highest BCUT2D eigenvalue weighted by Crippen LogP contribution is 2.35. The Balaban J connectivity index is 1.59. The number of nitrogens with one attached hydrogen (secondary N) is 1. The summed E-state index contributed by atoms with van der Waals surface area (Å²) in [5.41, 5.74) is -0.544. The van der Waals surface area contributed by atoms with Gasteiger partial charge in [0.1, 0.15) is 23.6 Å². The Labute approximate surface area is 186 Å². The molecule has 0 heterocycles. The molecule has 0 aromatic heterocycles. The van der Waals surface area contributed by atoms with Crippen LogP contribution in [0.5, 0.6) is 11.5 Å². The molecule has 4 rings (SSSR count). The Bertz CT molecular complexity index is 1190. The summed E-state index contributed by atoms with van der Waals surface area (Å²) in [6, 6.07) is 15.8. The normalized spacial score (nSPS) is 14.9. The van der Waals surface area contributed by atoms with Crippen LogP contribution in [0, 0.1) is 0 Å². The number of halogens is 3. The minimum absolute atomic E-state index is 0.0232. The molecule has 172 valence electrons. The summed E-state index contributed by atoms with van der Waals surface area (Å²) in [7, 11) is 0. The van der Waals surface area contributed by atoms with E-state index in [-0.39, 0.29) is 23.7 Å². The molecule has 1 aliphatic rings. The first-order valence-corrected chi connectivity index (χ1v) is 10.2. The SMILES string of the molecule is O=C(NC1(C(=O)O)CCC1)c1ccc2ccccc2c1OCc1ccc(OC(F)(F)F)cc1. The van der Waals surface area contributed by atoms with Gasteiger partial charge in [-0.1, -0.05) is 42.5 Å². The zero-order valence-corrected chi connectivity index (χ0v) is 17.3. The van der Waals surface area contributed by atoms with Gasteiger partial charge in [-0.15, -0.1) is 13.2 Å². The molecule has 33 heavy (non-hydrogen) atoms. The minimum atomic E-state index is -4.78. The maximum Gasteiger partial charge on any atom is 0.573 e. The number of benzene rings is 3. The summed E-state index contributed by atoms with van der Waals surface area (Å²) in [6.07, 6.45) is -3.37. The molecule has 1 fully saturated rings. The van der Waals surface area contributed by atoms with Gasteiger partial charge in [0.25, 0.3) is 5.91 Å². The van der Waals surface area contributed by atoms with Crippen molar-refractivity contribution in [2.24, 2.45) is 0 Å². The fourth-order valence-corrected chi connectivity index (χ4v) is 3.73. The molecule has 1 amide bonds. The lowest BCUT2D eigenvalue weighted by Crippen LogP contribution is -2.59. The van der Waals surface area contributed by atoms with Gasteiger partial charge in [0.05, 0.1) is 5.56 Å². The van der Waals surface area contributed by atoms with Gasteiger partial charge in [0, 0.05) is 5.39 Å². The van der Waals surface area contributed by atoms with Crippen LogP contribution < -0.4 is 14.8 Å². The van der Waals surface area contributed by atoms with Crippen molar-refractivity contribution in [3.8, 4) is 11.5 Å². The van der Waals surface area contributed by atoms with Crippen molar-refractivity contribution in [3.05, 3.63) is 71.8 Å². The number of hydrogen-bond donors (Lipinski definition) is 2. The van der Waals surface area contributed by atoms with Gasteiger partial charge >= 0.3 is 12.3 Å². The number of carboxylic acids is 1. The van der Waals surface area contributed by atoms with Crippen molar-refractivity contribution in [2.45, 2.75) is 37.8 Å². The van der Waals surface area contributed by atoms with Crippen molar-refractivity contribution in [3.63, 3.8) is 0 Å². The fourth-order valence-electron chi connectivity index (χ4n) is 3.73. The van der Waals surface area contributed by atoms with E-state index < -0.39 is 23.8 Å². The van der Waals surface area contributed by atoms with Gasteiger partial charge in [-0.2, -0.15) is 0 Å². The molecular weight excluding hydrogens is 439 g/mol. The Morgan fingerprint density at radius 2 is 1.70 bits per heavy atom. The van der Waals surface area contributed by atoms with Crippen LogP contribution in [0.3, 0.4) is 0 Å². The van der Waals surface area contributed by atoms with E-state index in [9.17, 15) is 27.9 Å². The van der Waals surface area contributed by atoms with Gasteiger partial charge in [0.15, 0.2) is 0 Å². The minimum Gasteiger partial charge on any atom is -0.487 e. The quantitative estimate of drug-likeness (QED) is 0.516. The van der Waals surface area contributed by atoms with E-state index in [1.54, 1.807) is 24.3 Å². The number of rotatable bonds is 7. The second-order valence-corrected chi connectivity index (χ2v) is 7.84. The van der Waals surface area contributed by atoms with Gasteiger partial charge in [-0.25, -0.2) is 4.79 Å². The monoisotopic (exact) mass is 459 g/mol. The smallest absolute Gasteiger partial charge is 0.487 e. The van der Waals surface area contributed by atoms with E-state index in [1.165, 1.54) is 24.3 Å². The first-order chi connectivity index (χ1) is 15.7. The van der Waals surface area contributed by atoms with Gasteiger partial charge < -0.3 is 19.9 Å². The number of alkyl halides is 3. The number of aliphatic carboxylic acids is 1. The number of fused-ring (bicyclic) bond motifs is 1. The first-order valence-electron chi connectivity index (χ1n) is 10.2. The van der Waals surface area contributed by atoms with E-state index in [0.717, 1.165) is 5.39 Å².